The van der Waals surface area contributed by atoms with Crippen LogP contribution in [0.15, 0.2) is 18.2 Å². The maximum absolute atomic E-state index is 12.7. The average Bonchev–Trinajstić information content (AvgIpc) is 2.95. The Labute approximate surface area is 153 Å². The van der Waals surface area contributed by atoms with Gasteiger partial charge in [-0.2, -0.15) is 0 Å². The summed E-state index contributed by atoms with van der Waals surface area (Å²) in [5, 5.41) is 2.84. The van der Waals surface area contributed by atoms with Crippen LogP contribution in [0.1, 0.15) is 20.3 Å². The lowest BCUT2D eigenvalue weighted by molar-refractivity contribution is -0.133. The molecule has 0 spiro atoms. The van der Waals surface area contributed by atoms with Gasteiger partial charge in [-0.15, -0.1) is 12.4 Å². The Kier molecular flexibility index (Phi) is 5.80. The molecule has 138 valence electrons. The second kappa shape index (κ2) is 7.49. The van der Waals surface area contributed by atoms with E-state index >= 15 is 0 Å². The lowest BCUT2D eigenvalue weighted by Crippen LogP contribution is -2.51. The summed E-state index contributed by atoms with van der Waals surface area (Å²) in [6, 6.07) is 5.40. The maximum Gasteiger partial charge on any atom is 0.239 e. The third kappa shape index (κ3) is 3.99. The van der Waals surface area contributed by atoms with Gasteiger partial charge in [-0.05, 0) is 32.4 Å². The van der Waals surface area contributed by atoms with Crippen LogP contribution >= 0.6 is 12.4 Å². The average molecular weight is 370 g/mol. The Morgan fingerprint density at radius 1 is 1.32 bits per heavy atom. The van der Waals surface area contributed by atoms with E-state index in [0.717, 1.165) is 5.69 Å². The summed E-state index contributed by atoms with van der Waals surface area (Å²) in [6.07, 6.45) is 0.486. The van der Waals surface area contributed by atoms with Gasteiger partial charge in [0.25, 0.3) is 0 Å². The molecule has 3 rings (SSSR count). The van der Waals surface area contributed by atoms with Crippen molar-refractivity contribution in [2.75, 3.05) is 31.2 Å². The number of benzene rings is 1. The monoisotopic (exact) mass is 369 g/mol. The number of hydrogen-bond donors (Lipinski definition) is 2. The molecular formula is C17H24ClN3O4. The predicted molar refractivity (Wildman–Crippen MR) is 96.4 cm³/mol. The molecule has 1 unspecified atom stereocenters. The summed E-state index contributed by atoms with van der Waals surface area (Å²) in [5.41, 5.74) is 5.83. The Hall–Kier alpha value is -1.99. The maximum atomic E-state index is 12.7. The van der Waals surface area contributed by atoms with Gasteiger partial charge in [-0.1, -0.05) is 0 Å². The van der Waals surface area contributed by atoms with Crippen molar-refractivity contribution in [1.29, 1.82) is 0 Å². The van der Waals surface area contributed by atoms with Crippen molar-refractivity contribution >= 4 is 29.9 Å². The quantitative estimate of drug-likeness (QED) is 0.775. The minimum Gasteiger partial charge on any atom is -0.486 e. The number of anilines is 1. The molecular weight excluding hydrogens is 346 g/mol. The number of fused-ring (bicyclic) bond motifs is 1. The van der Waals surface area contributed by atoms with Crippen molar-refractivity contribution in [2.24, 2.45) is 11.7 Å². The molecule has 1 saturated heterocycles. The largest absolute Gasteiger partial charge is 0.486 e. The van der Waals surface area contributed by atoms with Crippen LogP contribution in [-0.2, 0) is 9.59 Å². The fourth-order valence-electron chi connectivity index (χ4n) is 2.85. The van der Waals surface area contributed by atoms with Gasteiger partial charge in [0.05, 0.1) is 0 Å². The zero-order chi connectivity index (χ0) is 17.3. The SMILES string of the molecule is CC(C)(CN)NC(=O)C1CCN(c2ccc3c(c2)OCCO3)C1=O.Cl. The summed E-state index contributed by atoms with van der Waals surface area (Å²) in [6.45, 7) is 5.49. The van der Waals surface area contributed by atoms with Crippen LogP contribution in [0.5, 0.6) is 11.5 Å². The molecule has 1 aromatic rings. The van der Waals surface area contributed by atoms with Crippen LogP contribution in [0.3, 0.4) is 0 Å². The molecule has 2 aliphatic heterocycles. The summed E-state index contributed by atoms with van der Waals surface area (Å²) in [5.74, 6) is 0.163. The highest BCUT2D eigenvalue weighted by Gasteiger charge is 2.39. The van der Waals surface area contributed by atoms with Gasteiger partial charge in [0.1, 0.15) is 19.1 Å². The second-order valence-electron chi connectivity index (χ2n) is 6.74. The highest BCUT2D eigenvalue weighted by molar-refractivity contribution is 6.09. The van der Waals surface area contributed by atoms with E-state index in [0.29, 0.717) is 44.2 Å². The number of carbonyl (C=O) groups is 2. The molecule has 0 saturated carbocycles. The first-order valence-corrected chi connectivity index (χ1v) is 8.14. The number of ether oxygens (including phenoxy) is 2. The van der Waals surface area contributed by atoms with Gasteiger partial charge in [-0.25, -0.2) is 0 Å². The zero-order valence-electron chi connectivity index (χ0n) is 14.4. The highest BCUT2D eigenvalue weighted by atomic mass is 35.5. The number of hydrogen-bond acceptors (Lipinski definition) is 5. The molecule has 2 heterocycles. The van der Waals surface area contributed by atoms with Crippen molar-refractivity contribution in [2.45, 2.75) is 25.8 Å². The van der Waals surface area contributed by atoms with Crippen LogP contribution in [0.2, 0.25) is 0 Å². The van der Waals surface area contributed by atoms with Crippen molar-refractivity contribution in [3.63, 3.8) is 0 Å². The van der Waals surface area contributed by atoms with Crippen LogP contribution in [0.4, 0.5) is 5.69 Å². The Morgan fingerprint density at radius 2 is 2.00 bits per heavy atom. The molecule has 1 atom stereocenters. The van der Waals surface area contributed by atoms with Crippen LogP contribution in [-0.4, -0.2) is 43.7 Å². The van der Waals surface area contributed by atoms with Crippen molar-refractivity contribution < 1.29 is 19.1 Å². The molecule has 0 radical (unpaired) electrons. The number of nitrogens with zero attached hydrogens (tertiary/aromatic N) is 1. The minimum atomic E-state index is -0.677. The Morgan fingerprint density at radius 3 is 2.68 bits per heavy atom. The van der Waals surface area contributed by atoms with Gasteiger partial charge >= 0.3 is 0 Å². The first-order valence-electron chi connectivity index (χ1n) is 8.14. The topological polar surface area (TPSA) is 93.9 Å². The van der Waals surface area contributed by atoms with Gasteiger partial charge in [0.2, 0.25) is 11.8 Å². The molecule has 0 aliphatic carbocycles. The number of amides is 2. The number of halogens is 1. The molecule has 8 heteroatoms. The van der Waals surface area contributed by atoms with E-state index in [4.69, 9.17) is 15.2 Å². The van der Waals surface area contributed by atoms with Crippen molar-refractivity contribution in [3.05, 3.63) is 18.2 Å². The number of nitrogens with two attached hydrogens (primary N) is 1. The molecule has 0 bridgehead atoms. The lowest BCUT2D eigenvalue weighted by Gasteiger charge is -2.26. The second-order valence-corrected chi connectivity index (χ2v) is 6.74. The number of rotatable bonds is 4. The summed E-state index contributed by atoms with van der Waals surface area (Å²) in [7, 11) is 0. The van der Waals surface area contributed by atoms with Gasteiger partial charge in [0, 0.05) is 30.4 Å². The lowest BCUT2D eigenvalue weighted by atomic mass is 10.0. The minimum absolute atomic E-state index is 0. The number of nitrogens with one attached hydrogen (secondary N) is 1. The van der Waals surface area contributed by atoms with Crippen LogP contribution < -0.4 is 25.4 Å². The van der Waals surface area contributed by atoms with E-state index in [1.54, 1.807) is 17.0 Å². The third-order valence-electron chi connectivity index (χ3n) is 4.33. The van der Waals surface area contributed by atoms with Crippen LogP contribution in [0, 0.1) is 5.92 Å². The van der Waals surface area contributed by atoms with E-state index < -0.39 is 11.5 Å². The molecule has 1 aromatic carbocycles. The third-order valence-corrected chi connectivity index (χ3v) is 4.33. The Balaban J connectivity index is 0.00000225. The normalized spacial score (nSPS) is 19.4. The van der Waals surface area contributed by atoms with Crippen LogP contribution in [0.25, 0.3) is 0 Å². The van der Waals surface area contributed by atoms with Crippen molar-refractivity contribution in [1.82, 2.24) is 5.32 Å². The van der Waals surface area contributed by atoms with Gasteiger partial charge in [0.15, 0.2) is 11.5 Å². The molecule has 7 nitrogen and oxygen atoms in total. The van der Waals surface area contributed by atoms with E-state index in [2.05, 4.69) is 5.32 Å². The highest BCUT2D eigenvalue weighted by Crippen LogP contribution is 2.36. The van der Waals surface area contributed by atoms with Crippen molar-refractivity contribution in [3.8, 4) is 11.5 Å². The molecule has 2 aliphatic rings. The van der Waals surface area contributed by atoms with E-state index in [1.165, 1.54) is 0 Å². The van der Waals surface area contributed by atoms with Gasteiger partial charge < -0.3 is 25.4 Å². The smallest absolute Gasteiger partial charge is 0.239 e. The summed E-state index contributed by atoms with van der Waals surface area (Å²) >= 11 is 0. The predicted octanol–water partition coefficient (Wildman–Crippen LogP) is 1.09. The van der Waals surface area contributed by atoms with E-state index in [9.17, 15) is 9.59 Å². The summed E-state index contributed by atoms with van der Waals surface area (Å²) < 4.78 is 11.0. The summed E-state index contributed by atoms with van der Waals surface area (Å²) in [4.78, 5) is 26.7. The molecule has 0 aromatic heterocycles. The zero-order valence-corrected chi connectivity index (χ0v) is 15.2. The molecule has 1 fully saturated rings. The fraction of sp³-hybridized carbons (Fsp3) is 0.529. The molecule has 25 heavy (non-hydrogen) atoms. The van der Waals surface area contributed by atoms with Gasteiger partial charge in [-0.3, -0.25) is 9.59 Å². The van der Waals surface area contributed by atoms with E-state index in [1.807, 2.05) is 19.9 Å². The molecule has 3 N–H and O–H groups in total. The number of carbonyl (C=O) groups excluding carboxylic acids is 2. The fourth-order valence-corrected chi connectivity index (χ4v) is 2.85. The Bertz CT molecular complexity index is 665. The van der Waals surface area contributed by atoms with E-state index in [-0.39, 0.29) is 24.2 Å². The molecule has 2 amide bonds. The standard InChI is InChI=1S/C17H23N3O4.ClH/c1-17(2,10-18)19-15(21)12-5-6-20(16(12)22)11-3-4-13-14(9-11)24-8-7-23-13;/h3-4,9,12H,5-8,10,18H2,1-2H3,(H,19,21);1H. The first-order chi connectivity index (χ1) is 11.4. The first kappa shape index (κ1) is 19.3.